The molecule has 0 amide bonds. The lowest BCUT2D eigenvalue weighted by Crippen LogP contribution is -2.35. The Morgan fingerprint density at radius 1 is 1.50 bits per heavy atom. The van der Waals surface area contributed by atoms with Gasteiger partial charge in [0.1, 0.15) is 0 Å². The smallest absolute Gasteiger partial charge is 0.0708 e. The minimum absolute atomic E-state index is 0.292. The van der Waals surface area contributed by atoms with Crippen LogP contribution in [-0.4, -0.2) is 37.7 Å². The van der Waals surface area contributed by atoms with E-state index in [0.717, 1.165) is 17.0 Å². The molecule has 1 aliphatic heterocycles. The van der Waals surface area contributed by atoms with Crippen LogP contribution in [0.1, 0.15) is 19.4 Å². The lowest BCUT2D eigenvalue weighted by Gasteiger charge is -2.33. The second-order valence-electron chi connectivity index (χ2n) is 4.76. The van der Waals surface area contributed by atoms with E-state index in [1.807, 2.05) is 23.5 Å². The van der Waals surface area contributed by atoms with Crippen molar-refractivity contribution in [3.8, 4) is 0 Å². The van der Waals surface area contributed by atoms with Crippen LogP contribution in [-0.2, 0) is 6.42 Å². The zero-order valence-electron chi connectivity index (χ0n) is 10.7. The van der Waals surface area contributed by atoms with Gasteiger partial charge in [-0.25, -0.2) is 0 Å². The number of nitrogen functional groups attached to an aromatic ring is 1. The Bertz CT molecular complexity index is 402. The molecule has 18 heavy (non-hydrogen) atoms. The normalized spacial score (nSPS) is 30.1. The number of thioether (sulfide) groups is 2. The monoisotopic (exact) mass is 284 g/mol. The predicted octanol–water partition coefficient (Wildman–Crippen LogP) is 2.19. The Labute approximate surface area is 117 Å². The number of rotatable bonds is 3. The summed E-state index contributed by atoms with van der Waals surface area (Å²) in [6, 6.07) is 1.79. The Morgan fingerprint density at radius 2 is 2.28 bits per heavy atom. The highest BCUT2D eigenvalue weighted by Gasteiger charge is 2.30. The van der Waals surface area contributed by atoms with E-state index in [9.17, 15) is 5.11 Å². The molecule has 100 valence electrons. The molecule has 0 bridgehead atoms. The van der Waals surface area contributed by atoms with Gasteiger partial charge in [-0.3, -0.25) is 4.98 Å². The van der Waals surface area contributed by atoms with Crippen molar-refractivity contribution in [1.82, 2.24) is 4.98 Å². The van der Waals surface area contributed by atoms with Crippen LogP contribution in [0, 0.1) is 0 Å². The van der Waals surface area contributed by atoms with Gasteiger partial charge in [0, 0.05) is 46.0 Å². The first kappa shape index (κ1) is 14.0. The van der Waals surface area contributed by atoms with E-state index in [0.29, 0.717) is 22.2 Å². The molecule has 4 atom stereocenters. The summed E-state index contributed by atoms with van der Waals surface area (Å²) in [4.78, 5) is 4.07. The predicted molar refractivity (Wildman–Crippen MR) is 81.1 cm³/mol. The van der Waals surface area contributed by atoms with Crippen molar-refractivity contribution in [2.45, 2.75) is 42.1 Å². The van der Waals surface area contributed by atoms with E-state index in [1.54, 1.807) is 18.5 Å². The highest BCUT2D eigenvalue weighted by Crippen LogP contribution is 2.37. The number of aliphatic hydroxyl groups excluding tert-OH is 1. The first-order chi connectivity index (χ1) is 8.58. The van der Waals surface area contributed by atoms with Crippen molar-refractivity contribution < 1.29 is 5.11 Å². The molecule has 0 radical (unpaired) electrons. The molecular weight excluding hydrogens is 264 g/mol. The molecule has 3 N–H and O–H groups in total. The van der Waals surface area contributed by atoms with Crippen molar-refractivity contribution in [3.05, 3.63) is 24.0 Å². The number of nitrogens with zero attached hydrogens (tertiary/aromatic N) is 1. The molecule has 1 aliphatic rings. The maximum absolute atomic E-state index is 10.3. The molecule has 0 aromatic carbocycles. The summed E-state index contributed by atoms with van der Waals surface area (Å²) in [7, 11) is 0. The van der Waals surface area contributed by atoms with Gasteiger partial charge in [0.2, 0.25) is 0 Å². The number of aromatic nitrogens is 1. The van der Waals surface area contributed by atoms with E-state index in [2.05, 4.69) is 18.8 Å². The van der Waals surface area contributed by atoms with Crippen LogP contribution in [0.4, 0.5) is 5.69 Å². The molecule has 5 heteroatoms. The molecule has 1 saturated heterocycles. The summed E-state index contributed by atoms with van der Waals surface area (Å²) in [5.74, 6) is 1.01. The topological polar surface area (TPSA) is 59.1 Å². The first-order valence-electron chi connectivity index (χ1n) is 6.21. The van der Waals surface area contributed by atoms with Crippen molar-refractivity contribution in [2.75, 3.05) is 11.5 Å². The van der Waals surface area contributed by atoms with Gasteiger partial charge < -0.3 is 10.8 Å². The Hall–Kier alpha value is -0.390. The lowest BCUT2D eigenvalue weighted by molar-refractivity contribution is 0.177. The number of pyridine rings is 1. The Balaban J connectivity index is 1.96. The molecule has 1 fully saturated rings. The fraction of sp³-hybridized carbons (Fsp3) is 0.615. The van der Waals surface area contributed by atoms with Crippen LogP contribution in [0.25, 0.3) is 0 Å². The van der Waals surface area contributed by atoms with Crippen molar-refractivity contribution in [1.29, 1.82) is 0 Å². The molecule has 0 aliphatic carbocycles. The molecule has 1 aromatic heterocycles. The summed E-state index contributed by atoms with van der Waals surface area (Å²) in [6.07, 6.45) is 3.69. The largest absolute Gasteiger partial charge is 0.398 e. The standard InChI is InChI=1S/C13H20N2OS2/c1-8-9(2)18-13(7-17-8)12(16)5-10-6-15-4-3-11(10)14/h3-4,6,8-9,12-13,16H,5,7H2,1-2H3,(H2,14,15). The number of hydrogen-bond acceptors (Lipinski definition) is 5. The summed E-state index contributed by atoms with van der Waals surface area (Å²) in [5, 5.41) is 11.9. The SMILES string of the molecule is CC1SCC(C(O)Cc2cnccc2N)SC1C. The number of hydrogen-bond donors (Lipinski definition) is 2. The van der Waals surface area contributed by atoms with Gasteiger partial charge in [0.15, 0.2) is 0 Å². The average Bonchev–Trinajstić information content (AvgIpc) is 2.35. The summed E-state index contributed by atoms with van der Waals surface area (Å²) < 4.78 is 0. The summed E-state index contributed by atoms with van der Waals surface area (Å²) >= 11 is 3.85. The van der Waals surface area contributed by atoms with Crippen LogP contribution in [0.5, 0.6) is 0 Å². The maximum Gasteiger partial charge on any atom is 0.0708 e. The molecule has 2 rings (SSSR count). The van der Waals surface area contributed by atoms with E-state index >= 15 is 0 Å². The second-order valence-corrected chi connectivity index (χ2v) is 7.80. The van der Waals surface area contributed by atoms with Gasteiger partial charge in [-0.2, -0.15) is 23.5 Å². The van der Waals surface area contributed by atoms with E-state index in [4.69, 9.17) is 5.73 Å². The van der Waals surface area contributed by atoms with Crippen molar-refractivity contribution >= 4 is 29.2 Å². The molecule has 3 nitrogen and oxygen atoms in total. The lowest BCUT2D eigenvalue weighted by atomic mass is 10.1. The number of nitrogens with two attached hydrogens (primary N) is 1. The van der Waals surface area contributed by atoms with E-state index in [-0.39, 0.29) is 6.10 Å². The molecule has 2 heterocycles. The van der Waals surface area contributed by atoms with Crippen LogP contribution in [0.3, 0.4) is 0 Å². The number of anilines is 1. The first-order valence-corrected chi connectivity index (χ1v) is 8.20. The third kappa shape index (κ3) is 3.33. The minimum atomic E-state index is -0.344. The summed E-state index contributed by atoms with van der Waals surface area (Å²) in [6.45, 7) is 4.49. The third-order valence-corrected chi connectivity index (χ3v) is 6.91. The van der Waals surface area contributed by atoms with Crippen LogP contribution < -0.4 is 5.73 Å². The minimum Gasteiger partial charge on any atom is -0.398 e. The van der Waals surface area contributed by atoms with Crippen molar-refractivity contribution in [3.63, 3.8) is 0 Å². The molecule has 0 spiro atoms. The highest BCUT2D eigenvalue weighted by atomic mass is 32.2. The van der Waals surface area contributed by atoms with Gasteiger partial charge in [0.25, 0.3) is 0 Å². The number of aliphatic hydroxyl groups is 1. The van der Waals surface area contributed by atoms with Gasteiger partial charge >= 0.3 is 0 Å². The molecular formula is C13H20N2OS2. The maximum atomic E-state index is 10.3. The third-order valence-electron chi connectivity index (χ3n) is 3.37. The average molecular weight is 284 g/mol. The second kappa shape index (κ2) is 6.17. The molecule has 0 saturated carbocycles. The van der Waals surface area contributed by atoms with Gasteiger partial charge in [-0.05, 0) is 11.6 Å². The fourth-order valence-corrected chi connectivity index (χ4v) is 4.99. The van der Waals surface area contributed by atoms with E-state index < -0.39 is 0 Å². The van der Waals surface area contributed by atoms with E-state index in [1.165, 1.54) is 0 Å². The van der Waals surface area contributed by atoms with Crippen LogP contribution in [0.15, 0.2) is 18.5 Å². The van der Waals surface area contributed by atoms with Gasteiger partial charge in [0.05, 0.1) is 6.10 Å². The molecule has 4 unspecified atom stereocenters. The fourth-order valence-electron chi connectivity index (χ4n) is 1.97. The van der Waals surface area contributed by atoms with Gasteiger partial charge in [-0.15, -0.1) is 0 Å². The Kier molecular flexibility index (Phi) is 4.81. The zero-order chi connectivity index (χ0) is 13.1. The Morgan fingerprint density at radius 3 is 2.94 bits per heavy atom. The molecule has 1 aromatic rings. The van der Waals surface area contributed by atoms with Crippen LogP contribution >= 0.6 is 23.5 Å². The quantitative estimate of drug-likeness (QED) is 0.891. The summed E-state index contributed by atoms with van der Waals surface area (Å²) in [5.41, 5.74) is 7.55. The van der Waals surface area contributed by atoms with Gasteiger partial charge in [-0.1, -0.05) is 13.8 Å². The van der Waals surface area contributed by atoms with Crippen LogP contribution in [0.2, 0.25) is 0 Å². The zero-order valence-corrected chi connectivity index (χ0v) is 12.4. The highest BCUT2D eigenvalue weighted by molar-refractivity contribution is 8.07. The van der Waals surface area contributed by atoms with Crippen molar-refractivity contribution in [2.24, 2.45) is 0 Å².